The Morgan fingerprint density at radius 2 is 2.17 bits per heavy atom. The van der Waals surface area contributed by atoms with Crippen LogP contribution in [0, 0.1) is 6.92 Å². The zero-order chi connectivity index (χ0) is 8.97. The van der Waals surface area contributed by atoms with E-state index in [1.54, 1.807) is 0 Å². The average Bonchev–Trinajstić information content (AvgIpc) is 2.57. The van der Waals surface area contributed by atoms with Crippen LogP contribution in [-0.4, -0.2) is 11.6 Å². The van der Waals surface area contributed by atoms with Crippen LogP contribution in [0.1, 0.15) is 25.1 Å². The summed E-state index contributed by atoms with van der Waals surface area (Å²) in [5.41, 5.74) is 2.31. The average molecular weight is 165 g/mol. The molecule has 0 radical (unpaired) electrons. The molecule has 0 amide bonds. The lowest BCUT2D eigenvalue weighted by Gasteiger charge is -1.99. The van der Waals surface area contributed by atoms with Crippen molar-refractivity contribution in [2.24, 2.45) is 0 Å². The van der Waals surface area contributed by atoms with Gasteiger partial charge in [-0.3, -0.25) is 4.98 Å². The molecule has 1 aliphatic heterocycles. The molecule has 1 aromatic heterocycles. The second-order valence-electron chi connectivity index (χ2n) is 2.50. The number of hydrogen-bond acceptors (Lipinski definition) is 2. The summed E-state index contributed by atoms with van der Waals surface area (Å²) in [6.07, 6.45) is 2.81. The third-order valence-corrected chi connectivity index (χ3v) is 1.76. The minimum absolute atomic E-state index is 0.799. The first kappa shape index (κ1) is 9.04. The van der Waals surface area contributed by atoms with E-state index in [1.807, 2.05) is 33.0 Å². The largest absolute Gasteiger partial charge is 0.491 e. The molecule has 1 aliphatic rings. The number of aryl methyl sites for hydroxylation is 1. The molecule has 0 N–H and O–H groups in total. The number of hydrogen-bond donors (Lipinski definition) is 0. The molecular formula is C10H15NO. The molecule has 0 aromatic carbocycles. The van der Waals surface area contributed by atoms with Crippen LogP contribution in [0.2, 0.25) is 0 Å². The van der Waals surface area contributed by atoms with Gasteiger partial charge in [-0.15, -0.1) is 0 Å². The number of nitrogens with zero attached hydrogens (tertiary/aromatic N) is 1. The highest BCUT2D eigenvalue weighted by Crippen LogP contribution is 2.25. The molecule has 2 heterocycles. The van der Waals surface area contributed by atoms with Crippen molar-refractivity contribution in [3.8, 4) is 5.75 Å². The van der Waals surface area contributed by atoms with Gasteiger partial charge in [0.25, 0.3) is 0 Å². The van der Waals surface area contributed by atoms with Gasteiger partial charge in [0.15, 0.2) is 0 Å². The zero-order valence-corrected chi connectivity index (χ0v) is 7.92. The number of rotatable bonds is 0. The summed E-state index contributed by atoms with van der Waals surface area (Å²) in [6.45, 7) is 6.85. The number of fused-ring (bicyclic) bond motifs is 1. The summed E-state index contributed by atoms with van der Waals surface area (Å²) in [6, 6.07) is 1.98. The first-order valence-corrected chi connectivity index (χ1v) is 4.45. The molecular weight excluding hydrogens is 150 g/mol. The maximum absolute atomic E-state index is 5.37. The van der Waals surface area contributed by atoms with Crippen molar-refractivity contribution >= 4 is 0 Å². The van der Waals surface area contributed by atoms with Gasteiger partial charge >= 0.3 is 0 Å². The quantitative estimate of drug-likeness (QED) is 0.588. The predicted octanol–water partition coefficient (Wildman–Crippen LogP) is 2.35. The van der Waals surface area contributed by atoms with E-state index in [4.69, 9.17) is 4.74 Å². The number of pyridine rings is 1. The maximum atomic E-state index is 5.37. The molecule has 0 atom stereocenters. The van der Waals surface area contributed by atoms with Crippen LogP contribution in [0.15, 0.2) is 12.3 Å². The minimum atomic E-state index is 0.799. The first-order valence-electron chi connectivity index (χ1n) is 4.45. The van der Waals surface area contributed by atoms with E-state index in [2.05, 4.69) is 4.98 Å². The molecule has 2 heteroatoms. The lowest BCUT2D eigenvalue weighted by Crippen LogP contribution is -1.87. The predicted molar refractivity (Wildman–Crippen MR) is 49.5 cm³/mol. The summed E-state index contributed by atoms with van der Waals surface area (Å²) in [7, 11) is 0. The number of aromatic nitrogens is 1. The topological polar surface area (TPSA) is 22.1 Å². The Morgan fingerprint density at radius 1 is 1.42 bits per heavy atom. The smallest absolute Gasteiger partial charge is 0.143 e. The molecule has 0 saturated heterocycles. The van der Waals surface area contributed by atoms with E-state index >= 15 is 0 Å². The first-order chi connectivity index (χ1) is 5.88. The maximum Gasteiger partial charge on any atom is 0.143 e. The van der Waals surface area contributed by atoms with Gasteiger partial charge < -0.3 is 4.74 Å². The van der Waals surface area contributed by atoms with Crippen LogP contribution in [0.5, 0.6) is 5.75 Å². The minimum Gasteiger partial charge on any atom is -0.491 e. The van der Waals surface area contributed by atoms with Crippen LogP contribution >= 0.6 is 0 Å². The van der Waals surface area contributed by atoms with Gasteiger partial charge in [-0.1, -0.05) is 13.8 Å². The van der Waals surface area contributed by atoms with Gasteiger partial charge in [-0.05, 0) is 18.6 Å². The Kier molecular flexibility index (Phi) is 3.09. The normalized spacial score (nSPS) is 12.6. The SMILES string of the molecule is CC.Cc1ccnc2c1OCC2. The van der Waals surface area contributed by atoms with Gasteiger partial charge in [0, 0.05) is 12.6 Å². The molecule has 0 bridgehead atoms. The third-order valence-electron chi connectivity index (χ3n) is 1.76. The molecule has 2 rings (SSSR count). The van der Waals surface area contributed by atoms with Crippen molar-refractivity contribution in [3.05, 3.63) is 23.5 Å². The molecule has 0 unspecified atom stereocenters. The second-order valence-corrected chi connectivity index (χ2v) is 2.50. The van der Waals surface area contributed by atoms with Crippen molar-refractivity contribution in [2.75, 3.05) is 6.61 Å². The zero-order valence-electron chi connectivity index (χ0n) is 7.92. The highest BCUT2D eigenvalue weighted by molar-refractivity contribution is 5.38. The fourth-order valence-corrected chi connectivity index (χ4v) is 1.23. The Balaban J connectivity index is 0.000000336. The fraction of sp³-hybridized carbons (Fsp3) is 0.500. The summed E-state index contributed by atoms with van der Waals surface area (Å²) in [5.74, 6) is 1.00. The van der Waals surface area contributed by atoms with Crippen LogP contribution in [0.4, 0.5) is 0 Å². The van der Waals surface area contributed by atoms with E-state index in [0.717, 1.165) is 24.5 Å². The van der Waals surface area contributed by atoms with Gasteiger partial charge in [0.05, 0.1) is 12.3 Å². The van der Waals surface area contributed by atoms with Gasteiger partial charge in [-0.25, -0.2) is 0 Å². The third kappa shape index (κ3) is 1.58. The van der Waals surface area contributed by atoms with Crippen molar-refractivity contribution < 1.29 is 4.74 Å². The lowest BCUT2D eigenvalue weighted by atomic mass is 10.2. The molecule has 66 valence electrons. The van der Waals surface area contributed by atoms with E-state index in [9.17, 15) is 0 Å². The Labute approximate surface area is 73.6 Å². The second kappa shape index (κ2) is 4.10. The molecule has 1 aromatic rings. The van der Waals surface area contributed by atoms with Crippen molar-refractivity contribution in [1.82, 2.24) is 4.98 Å². The Hall–Kier alpha value is -1.05. The van der Waals surface area contributed by atoms with Gasteiger partial charge in [0.1, 0.15) is 5.75 Å². The lowest BCUT2D eigenvalue weighted by molar-refractivity contribution is 0.354. The van der Waals surface area contributed by atoms with Gasteiger partial charge in [-0.2, -0.15) is 0 Å². The molecule has 12 heavy (non-hydrogen) atoms. The highest BCUT2D eigenvalue weighted by atomic mass is 16.5. The molecule has 0 saturated carbocycles. The summed E-state index contributed by atoms with van der Waals surface area (Å²) < 4.78 is 5.37. The van der Waals surface area contributed by atoms with Gasteiger partial charge in [0.2, 0.25) is 0 Å². The van der Waals surface area contributed by atoms with Crippen molar-refractivity contribution in [2.45, 2.75) is 27.2 Å². The van der Waals surface area contributed by atoms with E-state index in [0.29, 0.717) is 0 Å². The molecule has 2 nitrogen and oxygen atoms in total. The van der Waals surface area contributed by atoms with E-state index < -0.39 is 0 Å². The monoisotopic (exact) mass is 165 g/mol. The highest BCUT2D eigenvalue weighted by Gasteiger charge is 2.14. The molecule has 0 aliphatic carbocycles. The van der Waals surface area contributed by atoms with Crippen LogP contribution < -0.4 is 4.74 Å². The Morgan fingerprint density at radius 3 is 2.83 bits per heavy atom. The summed E-state index contributed by atoms with van der Waals surface area (Å²) >= 11 is 0. The fourth-order valence-electron chi connectivity index (χ4n) is 1.23. The van der Waals surface area contributed by atoms with Crippen molar-refractivity contribution in [1.29, 1.82) is 0 Å². The van der Waals surface area contributed by atoms with Crippen LogP contribution in [-0.2, 0) is 6.42 Å². The summed E-state index contributed by atoms with van der Waals surface area (Å²) in [4.78, 5) is 4.20. The van der Waals surface area contributed by atoms with Crippen LogP contribution in [0.3, 0.4) is 0 Å². The van der Waals surface area contributed by atoms with E-state index in [1.165, 1.54) is 5.56 Å². The van der Waals surface area contributed by atoms with E-state index in [-0.39, 0.29) is 0 Å². The summed E-state index contributed by atoms with van der Waals surface area (Å²) in [5, 5.41) is 0. The standard InChI is InChI=1S/C8H9NO.C2H6/c1-6-2-4-9-7-3-5-10-8(6)7;1-2/h2,4H,3,5H2,1H3;1-2H3. The molecule has 0 spiro atoms. The number of ether oxygens (including phenoxy) is 1. The van der Waals surface area contributed by atoms with Crippen molar-refractivity contribution in [3.63, 3.8) is 0 Å². The molecule has 0 fully saturated rings. The Bertz CT molecular complexity index is 258. The van der Waals surface area contributed by atoms with Crippen LogP contribution in [0.25, 0.3) is 0 Å².